The van der Waals surface area contributed by atoms with Crippen molar-refractivity contribution in [3.63, 3.8) is 0 Å². The van der Waals surface area contributed by atoms with Gasteiger partial charge in [0.05, 0.1) is 24.0 Å². The van der Waals surface area contributed by atoms with Crippen LogP contribution in [0.15, 0.2) is 78.5 Å². The van der Waals surface area contributed by atoms with E-state index in [1.54, 1.807) is 54.6 Å². The van der Waals surface area contributed by atoms with Gasteiger partial charge in [-0.05, 0) is 62.7 Å². The third-order valence-corrected chi connectivity index (χ3v) is 5.11. The Morgan fingerprint density at radius 2 is 1.65 bits per heavy atom. The summed E-state index contributed by atoms with van der Waals surface area (Å²) in [6.45, 7) is 6.19. The van der Waals surface area contributed by atoms with E-state index >= 15 is 0 Å². The molecular weight excluding hydrogens is 435 g/mol. The third-order valence-electron chi connectivity index (χ3n) is 5.11. The van der Waals surface area contributed by atoms with Crippen LogP contribution in [0, 0.1) is 5.82 Å². The lowest BCUT2D eigenvalue weighted by Crippen LogP contribution is -2.33. The topological polar surface area (TPSA) is 67.9 Å². The number of benzene rings is 3. The van der Waals surface area contributed by atoms with Crippen molar-refractivity contribution in [3.05, 3.63) is 89.9 Å². The molecule has 6 nitrogen and oxygen atoms in total. The van der Waals surface area contributed by atoms with Gasteiger partial charge in [-0.15, -0.1) is 0 Å². The molecule has 0 saturated heterocycles. The summed E-state index contributed by atoms with van der Waals surface area (Å²) in [4.78, 5) is 27.8. The Labute approximate surface area is 197 Å². The van der Waals surface area contributed by atoms with Gasteiger partial charge in [0, 0.05) is 11.8 Å². The van der Waals surface area contributed by atoms with E-state index in [0.717, 1.165) is 4.90 Å². The van der Waals surface area contributed by atoms with Gasteiger partial charge in [0.25, 0.3) is 11.8 Å². The molecular formula is C27H25FN2O4. The minimum Gasteiger partial charge on any atom is -0.494 e. The number of imide groups is 1. The summed E-state index contributed by atoms with van der Waals surface area (Å²) in [7, 11) is 0. The minimum atomic E-state index is -0.663. The smallest absolute Gasteiger partial charge is 0.282 e. The van der Waals surface area contributed by atoms with E-state index < -0.39 is 17.6 Å². The molecule has 0 unspecified atom stereocenters. The van der Waals surface area contributed by atoms with Crippen molar-refractivity contribution in [2.24, 2.45) is 0 Å². The SMILES string of the molecule is CCOc1cccc(NC2=C(c3ccc(OC(C)C)cc3)C(=O)N(c3ccccc3F)C2=O)c1. The zero-order valence-corrected chi connectivity index (χ0v) is 19.2. The van der Waals surface area contributed by atoms with Gasteiger partial charge in [-0.25, -0.2) is 9.29 Å². The number of halogens is 1. The lowest BCUT2D eigenvalue weighted by atomic mass is 10.0. The molecule has 0 aliphatic carbocycles. The summed E-state index contributed by atoms with van der Waals surface area (Å²) in [5.41, 5.74) is 1.17. The van der Waals surface area contributed by atoms with Crippen molar-refractivity contribution >= 4 is 28.8 Å². The van der Waals surface area contributed by atoms with Crippen molar-refractivity contribution < 1.29 is 23.5 Å². The Kier molecular flexibility index (Phi) is 6.63. The van der Waals surface area contributed by atoms with Crippen molar-refractivity contribution in [1.82, 2.24) is 0 Å². The Hall–Kier alpha value is -4.13. The molecule has 1 heterocycles. The maximum absolute atomic E-state index is 14.6. The van der Waals surface area contributed by atoms with Crippen molar-refractivity contribution in [2.45, 2.75) is 26.9 Å². The molecule has 1 aliphatic heterocycles. The summed E-state index contributed by atoms with van der Waals surface area (Å²) in [5, 5.41) is 3.07. The lowest BCUT2D eigenvalue weighted by Gasteiger charge is -2.16. The summed E-state index contributed by atoms with van der Waals surface area (Å²) in [6.07, 6.45) is -0.00820. The van der Waals surface area contributed by atoms with Gasteiger partial charge in [0.1, 0.15) is 23.0 Å². The molecule has 3 aromatic rings. The number of para-hydroxylation sites is 1. The van der Waals surface area contributed by atoms with Crippen LogP contribution in [0.4, 0.5) is 15.8 Å². The number of carbonyl (C=O) groups excluding carboxylic acids is 2. The second kappa shape index (κ2) is 9.79. The van der Waals surface area contributed by atoms with Crippen molar-refractivity contribution in [1.29, 1.82) is 0 Å². The average Bonchev–Trinajstić information content (AvgIpc) is 3.04. The fraction of sp³-hybridized carbons (Fsp3) is 0.185. The van der Waals surface area contributed by atoms with E-state index in [9.17, 15) is 14.0 Å². The van der Waals surface area contributed by atoms with Crippen LogP contribution in [0.25, 0.3) is 5.57 Å². The van der Waals surface area contributed by atoms with Crippen LogP contribution in [0.1, 0.15) is 26.3 Å². The van der Waals surface area contributed by atoms with Crippen molar-refractivity contribution in [3.8, 4) is 11.5 Å². The maximum Gasteiger partial charge on any atom is 0.282 e. The molecule has 0 aromatic heterocycles. The standard InChI is InChI=1S/C27H25FN2O4/c1-4-33-21-9-7-8-19(16-21)29-25-24(18-12-14-20(15-13-18)34-17(2)3)26(31)30(27(25)32)23-11-6-5-10-22(23)28/h5-17,29H,4H2,1-3H3. The Morgan fingerprint density at radius 1 is 0.912 bits per heavy atom. The molecule has 34 heavy (non-hydrogen) atoms. The second-order valence-corrected chi connectivity index (χ2v) is 7.92. The molecule has 174 valence electrons. The van der Waals surface area contributed by atoms with E-state index in [4.69, 9.17) is 9.47 Å². The first-order valence-electron chi connectivity index (χ1n) is 11.0. The number of nitrogens with one attached hydrogen (secondary N) is 1. The quantitative estimate of drug-likeness (QED) is 0.456. The fourth-order valence-electron chi connectivity index (χ4n) is 3.71. The zero-order valence-electron chi connectivity index (χ0n) is 19.2. The summed E-state index contributed by atoms with van der Waals surface area (Å²) in [5.74, 6) is -0.664. The number of carbonyl (C=O) groups is 2. The molecule has 1 N–H and O–H groups in total. The first-order valence-corrected chi connectivity index (χ1v) is 11.0. The fourth-order valence-corrected chi connectivity index (χ4v) is 3.71. The van der Waals surface area contributed by atoms with E-state index in [1.165, 1.54) is 18.2 Å². The van der Waals surface area contributed by atoms with Crippen LogP contribution in [0.3, 0.4) is 0 Å². The first kappa shape index (κ1) is 23.0. The first-order chi connectivity index (χ1) is 16.4. The molecule has 0 fully saturated rings. The molecule has 2 amide bonds. The number of anilines is 2. The summed E-state index contributed by atoms with van der Waals surface area (Å²) >= 11 is 0. The highest BCUT2D eigenvalue weighted by atomic mass is 19.1. The maximum atomic E-state index is 14.6. The molecule has 1 aliphatic rings. The predicted molar refractivity (Wildman–Crippen MR) is 129 cm³/mol. The molecule has 0 atom stereocenters. The summed E-state index contributed by atoms with van der Waals surface area (Å²) < 4.78 is 25.8. The van der Waals surface area contributed by atoms with Crippen LogP contribution >= 0.6 is 0 Å². The number of amides is 2. The molecule has 0 saturated carbocycles. The number of hydrogen-bond acceptors (Lipinski definition) is 5. The van der Waals surface area contributed by atoms with E-state index in [2.05, 4.69) is 5.32 Å². The Bertz CT molecular complexity index is 1250. The number of rotatable bonds is 8. The van der Waals surface area contributed by atoms with Gasteiger partial charge in [-0.1, -0.05) is 30.3 Å². The monoisotopic (exact) mass is 460 g/mol. The van der Waals surface area contributed by atoms with Crippen LogP contribution in [0.5, 0.6) is 11.5 Å². The average molecular weight is 461 g/mol. The van der Waals surface area contributed by atoms with Crippen LogP contribution in [-0.4, -0.2) is 24.5 Å². The minimum absolute atomic E-state index is 0.00820. The molecule has 3 aromatic carbocycles. The molecule has 7 heteroatoms. The highest BCUT2D eigenvalue weighted by molar-refractivity contribution is 6.46. The Balaban J connectivity index is 1.78. The van der Waals surface area contributed by atoms with Gasteiger partial charge in [-0.3, -0.25) is 9.59 Å². The van der Waals surface area contributed by atoms with Gasteiger partial charge < -0.3 is 14.8 Å². The predicted octanol–water partition coefficient (Wildman–Crippen LogP) is 5.41. The van der Waals surface area contributed by atoms with E-state index in [0.29, 0.717) is 29.4 Å². The van der Waals surface area contributed by atoms with Gasteiger partial charge in [0.2, 0.25) is 0 Å². The molecule has 4 rings (SSSR count). The molecule has 0 spiro atoms. The Morgan fingerprint density at radius 3 is 2.32 bits per heavy atom. The van der Waals surface area contributed by atoms with Gasteiger partial charge in [0.15, 0.2) is 0 Å². The van der Waals surface area contributed by atoms with E-state index in [-0.39, 0.29) is 23.1 Å². The van der Waals surface area contributed by atoms with E-state index in [1.807, 2.05) is 20.8 Å². The lowest BCUT2D eigenvalue weighted by molar-refractivity contribution is -0.120. The largest absolute Gasteiger partial charge is 0.494 e. The number of nitrogens with zero attached hydrogens (tertiary/aromatic N) is 1. The van der Waals surface area contributed by atoms with Gasteiger partial charge in [-0.2, -0.15) is 0 Å². The highest BCUT2D eigenvalue weighted by Crippen LogP contribution is 2.35. The van der Waals surface area contributed by atoms with Crippen LogP contribution < -0.4 is 19.7 Å². The molecule has 0 bridgehead atoms. The van der Waals surface area contributed by atoms with Crippen molar-refractivity contribution in [2.75, 3.05) is 16.8 Å². The van der Waals surface area contributed by atoms with Gasteiger partial charge >= 0.3 is 0 Å². The second-order valence-electron chi connectivity index (χ2n) is 7.92. The normalized spacial score (nSPS) is 13.6. The third kappa shape index (κ3) is 4.64. The molecule has 0 radical (unpaired) electrons. The zero-order chi connectivity index (χ0) is 24.2. The highest BCUT2D eigenvalue weighted by Gasteiger charge is 2.41. The van der Waals surface area contributed by atoms with Crippen LogP contribution in [-0.2, 0) is 9.59 Å². The van der Waals surface area contributed by atoms with Crippen LogP contribution in [0.2, 0.25) is 0 Å². The number of hydrogen-bond donors (Lipinski definition) is 1. The number of ether oxygens (including phenoxy) is 2. The summed E-state index contributed by atoms with van der Waals surface area (Å²) in [6, 6.07) is 19.7.